The summed E-state index contributed by atoms with van der Waals surface area (Å²) in [5.74, 6) is 0.567. The Morgan fingerprint density at radius 1 is 1.38 bits per heavy atom. The molecular formula is C13H25NO2. The topological polar surface area (TPSA) is 52.3 Å². The smallest absolute Gasteiger partial charge is 0.305 e. The van der Waals surface area contributed by atoms with Gasteiger partial charge in [-0.25, -0.2) is 0 Å². The molecule has 1 unspecified atom stereocenters. The number of carbonyl (C=O) groups excluding carboxylic acids is 1. The second kappa shape index (κ2) is 7.66. The Kier molecular flexibility index (Phi) is 6.46. The molecule has 0 spiro atoms. The third-order valence-corrected chi connectivity index (χ3v) is 3.25. The molecule has 1 aliphatic rings. The van der Waals surface area contributed by atoms with Gasteiger partial charge in [-0.2, -0.15) is 0 Å². The van der Waals surface area contributed by atoms with Crippen LogP contribution in [-0.2, 0) is 9.53 Å². The first kappa shape index (κ1) is 13.5. The molecule has 0 aromatic rings. The van der Waals surface area contributed by atoms with Crippen LogP contribution >= 0.6 is 0 Å². The molecule has 1 aliphatic carbocycles. The number of nitrogens with two attached hydrogens (primary N) is 1. The van der Waals surface area contributed by atoms with Crippen LogP contribution in [0.4, 0.5) is 0 Å². The minimum Gasteiger partial charge on any atom is -0.465 e. The van der Waals surface area contributed by atoms with Gasteiger partial charge in [-0.3, -0.25) is 4.79 Å². The van der Waals surface area contributed by atoms with E-state index in [-0.39, 0.29) is 12.0 Å². The Balaban J connectivity index is 2.00. The number of hydrogen-bond donors (Lipinski definition) is 1. The van der Waals surface area contributed by atoms with Crippen LogP contribution in [0.5, 0.6) is 0 Å². The van der Waals surface area contributed by atoms with Crippen molar-refractivity contribution >= 4 is 5.97 Å². The van der Waals surface area contributed by atoms with E-state index in [4.69, 9.17) is 10.5 Å². The van der Waals surface area contributed by atoms with Gasteiger partial charge >= 0.3 is 5.97 Å². The zero-order chi connectivity index (χ0) is 11.8. The molecule has 3 nitrogen and oxygen atoms in total. The lowest BCUT2D eigenvalue weighted by molar-refractivity contribution is -0.145. The second-order valence-corrected chi connectivity index (χ2v) is 5.06. The number of hydrogen-bond acceptors (Lipinski definition) is 3. The SMILES string of the molecule is CC(N)CCCC(=O)OCC1CCCCC1. The molecular weight excluding hydrogens is 202 g/mol. The third kappa shape index (κ3) is 6.11. The summed E-state index contributed by atoms with van der Waals surface area (Å²) >= 11 is 0. The number of rotatable bonds is 6. The highest BCUT2D eigenvalue weighted by Gasteiger charge is 2.15. The molecule has 1 fully saturated rings. The molecule has 0 amide bonds. The molecule has 0 radical (unpaired) electrons. The monoisotopic (exact) mass is 227 g/mol. The maximum Gasteiger partial charge on any atom is 0.305 e. The minimum atomic E-state index is -0.0498. The van der Waals surface area contributed by atoms with Crippen molar-refractivity contribution in [3.63, 3.8) is 0 Å². The van der Waals surface area contributed by atoms with E-state index < -0.39 is 0 Å². The van der Waals surface area contributed by atoms with Gasteiger partial charge in [-0.15, -0.1) is 0 Å². The summed E-state index contributed by atoms with van der Waals surface area (Å²) in [4.78, 5) is 11.4. The fourth-order valence-corrected chi connectivity index (χ4v) is 2.21. The van der Waals surface area contributed by atoms with Crippen LogP contribution in [-0.4, -0.2) is 18.6 Å². The highest BCUT2D eigenvalue weighted by molar-refractivity contribution is 5.69. The lowest BCUT2D eigenvalue weighted by atomic mass is 9.90. The molecule has 94 valence electrons. The molecule has 0 saturated heterocycles. The largest absolute Gasteiger partial charge is 0.465 e. The summed E-state index contributed by atoms with van der Waals surface area (Å²) in [7, 11) is 0. The molecule has 0 aromatic heterocycles. The normalized spacial score (nSPS) is 19.4. The predicted molar refractivity (Wildman–Crippen MR) is 65.0 cm³/mol. The zero-order valence-corrected chi connectivity index (χ0v) is 10.4. The van der Waals surface area contributed by atoms with Gasteiger partial charge in [0.25, 0.3) is 0 Å². The molecule has 1 rings (SSSR count). The van der Waals surface area contributed by atoms with E-state index >= 15 is 0 Å². The van der Waals surface area contributed by atoms with E-state index in [0.717, 1.165) is 12.8 Å². The molecule has 0 heterocycles. The lowest BCUT2D eigenvalue weighted by Gasteiger charge is -2.21. The fourth-order valence-electron chi connectivity index (χ4n) is 2.21. The van der Waals surface area contributed by atoms with Crippen LogP contribution < -0.4 is 5.73 Å². The first-order chi connectivity index (χ1) is 7.68. The first-order valence-corrected chi connectivity index (χ1v) is 6.59. The predicted octanol–water partition coefficient (Wildman–Crippen LogP) is 2.63. The molecule has 1 atom stereocenters. The number of esters is 1. The second-order valence-electron chi connectivity index (χ2n) is 5.06. The lowest BCUT2D eigenvalue weighted by Crippen LogP contribution is -2.18. The highest BCUT2D eigenvalue weighted by Crippen LogP contribution is 2.23. The summed E-state index contributed by atoms with van der Waals surface area (Å²) in [6, 6.07) is 0.186. The van der Waals surface area contributed by atoms with Crippen LogP contribution in [0.3, 0.4) is 0 Å². The van der Waals surface area contributed by atoms with E-state index in [1.807, 2.05) is 6.92 Å². The highest BCUT2D eigenvalue weighted by atomic mass is 16.5. The van der Waals surface area contributed by atoms with E-state index in [9.17, 15) is 4.79 Å². The average molecular weight is 227 g/mol. The van der Waals surface area contributed by atoms with Gasteiger partial charge in [0.15, 0.2) is 0 Å². The van der Waals surface area contributed by atoms with E-state index in [1.165, 1.54) is 32.1 Å². The van der Waals surface area contributed by atoms with Crippen molar-refractivity contribution in [1.29, 1.82) is 0 Å². The van der Waals surface area contributed by atoms with Crippen LogP contribution in [0.25, 0.3) is 0 Å². The number of carbonyl (C=O) groups is 1. The molecule has 0 aromatic carbocycles. The van der Waals surface area contributed by atoms with Gasteiger partial charge in [0.2, 0.25) is 0 Å². The van der Waals surface area contributed by atoms with Crippen LogP contribution in [0.1, 0.15) is 58.3 Å². The van der Waals surface area contributed by atoms with Crippen molar-refractivity contribution in [3.8, 4) is 0 Å². The van der Waals surface area contributed by atoms with Crippen LogP contribution in [0, 0.1) is 5.92 Å². The molecule has 0 bridgehead atoms. The standard InChI is InChI=1S/C13H25NO2/c1-11(14)6-5-9-13(15)16-10-12-7-3-2-4-8-12/h11-12H,2-10,14H2,1H3. The summed E-state index contributed by atoms with van der Waals surface area (Å²) in [5.41, 5.74) is 5.62. The molecule has 16 heavy (non-hydrogen) atoms. The average Bonchev–Trinajstić information content (AvgIpc) is 2.27. The number of ether oxygens (including phenoxy) is 1. The van der Waals surface area contributed by atoms with Crippen molar-refractivity contribution in [2.45, 2.75) is 64.3 Å². The van der Waals surface area contributed by atoms with Gasteiger partial charge in [0.05, 0.1) is 6.61 Å². The Bertz CT molecular complexity index is 198. The van der Waals surface area contributed by atoms with Gasteiger partial charge in [0, 0.05) is 12.5 Å². The van der Waals surface area contributed by atoms with Gasteiger partial charge in [0.1, 0.15) is 0 Å². The Hall–Kier alpha value is -0.570. The van der Waals surface area contributed by atoms with Crippen molar-refractivity contribution in [1.82, 2.24) is 0 Å². The maximum absolute atomic E-state index is 11.4. The fraction of sp³-hybridized carbons (Fsp3) is 0.923. The van der Waals surface area contributed by atoms with Gasteiger partial charge < -0.3 is 10.5 Å². The molecule has 2 N–H and O–H groups in total. The van der Waals surface area contributed by atoms with Gasteiger partial charge in [-0.05, 0) is 38.5 Å². The van der Waals surface area contributed by atoms with E-state index in [0.29, 0.717) is 18.9 Å². The van der Waals surface area contributed by atoms with Crippen LogP contribution in [0.15, 0.2) is 0 Å². The summed E-state index contributed by atoms with van der Waals surface area (Å²) in [6.45, 7) is 2.60. The quantitative estimate of drug-likeness (QED) is 0.710. The Labute approximate surface area is 98.7 Å². The molecule has 0 aliphatic heterocycles. The van der Waals surface area contributed by atoms with Crippen molar-refractivity contribution < 1.29 is 9.53 Å². The van der Waals surface area contributed by atoms with Crippen molar-refractivity contribution in [2.24, 2.45) is 11.7 Å². The van der Waals surface area contributed by atoms with Crippen LogP contribution in [0.2, 0.25) is 0 Å². The summed E-state index contributed by atoms with van der Waals surface area (Å²) in [5, 5.41) is 0. The minimum absolute atomic E-state index is 0.0498. The van der Waals surface area contributed by atoms with E-state index in [1.54, 1.807) is 0 Å². The summed E-state index contributed by atoms with van der Waals surface area (Å²) < 4.78 is 5.28. The molecule has 3 heteroatoms. The Morgan fingerprint density at radius 2 is 2.06 bits per heavy atom. The zero-order valence-electron chi connectivity index (χ0n) is 10.4. The first-order valence-electron chi connectivity index (χ1n) is 6.59. The Morgan fingerprint density at radius 3 is 2.69 bits per heavy atom. The molecule has 1 saturated carbocycles. The maximum atomic E-state index is 11.4. The van der Waals surface area contributed by atoms with E-state index in [2.05, 4.69) is 0 Å². The van der Waals surface area contributed by atoms with Crippen molar-refractivity contribution in [2.75, 3.05) is 6.61 Å². The third-order valence-electron chi connectivity index (χ3n) is 3.25. The summed E-state index contributed by atoms with van der Waals surface area (Å²) in [6.07, 6.45) is 8.67. The van der Waals surface area contributed by atoms with Crippen molar-refractivity contribution in [3.05, 3.63) is 0 Å². The van der Waals surface area contributed by atoms with Gasteiger partial charge in [-0.1, -0.05) is 19.3 Å².